The van der Waals surface area contributed by atoms with Crippen LogP contribution < -0.4 is 16.4 Å². The van der Waals surface area contributed by atoms with Crippen molar-refractivity contribution in [1.82, 2.24) is 10.6 Å². The number of aryl methyl sites for hydroxylation is 1. The van der Waals surface area contributed by atoms with Crippen molar-refractivity contribution in [3.8, 4) is 0 Å². The molecule has 0 aromatic heterocycles. The molecule has 1 atom stereocenters. The Bertz CT molecular complexity index is 403. The van der Waals surface area contributed by atoms with Crippen molar-refractivity contribution in [3.05, 3.63) is 29.3 Å². The van der Waals surface area contributed by atoms with Gasteiger partial charge in [-0.15, -0.1) is 0 Å². The predicted molar refractivity (Wildman–Crippen MR) is 64.1 cm³/mol. The van der Waals surface area contributed by atoms with Crippen LogP contribution >= 0.6 is 0 Å². The number of hydrogen-bond acceptors (Lipinski definition) is 2. The quantitative estimate of drug-likeness (QED) is 0.628. The lowest BCUT2D eigenvalue weighted by Gasteiger charge is -2.26. The first-order chi connectivity index (χ1) is 7.70. The summed E-state index contributed by atoms with van der Waals surface area (Å²) < 4.78 is 0. The first-order valence-electron chi connectivity index (χ1n) is 5.57. The molecule has 0 saturated heterocycles. The average molecular weight is 219 g/mol. The molecule has 16 heavy (non-hydrogen) atoms. The molecule has 1 aromatic rings. The Morgan fingerprint density at radius 1 is 1.50 bits per heavy atom. The summed E-state index contributed by atoms with van der Waals surface area (Å²) in [7, 11) is 1.63. The van der Waals surface area contributed by atoms with Crippen LogP contribution in [0.5, 0.6) is 0 Å². The van der Waals surface area contributed by atoms with Crippen molar-refractivity contribution < 1.29 is 4.79 Å². The molecule has 4 heteroatoms. The van der Waals surface area contributed by atoms with Crippen LogP contribution in [0.2, 0.25) is 0 Å². The molecule has 0 radical (unpaired) electrons. The minimum atomic E-state index is -0.130. The minimum absolute atomic E-state index is 0.115. The van der Waals surface area contributed by atoms with E-state index < -0.39 is 0 Å². The zero-order chi connectivity index (χ0) is 11.5. The van der Waals surface area contributed by atoms with Gasteiger partial charge >= 0.3 is 6.03 Å². The minimum Gasteiger partial charge on any atom is -0.399 e. The number of rotatable bonds is 1. The van der Waals surface area contributed by atoms with Gasteiger partial charge in [0, 0.05) is 12.7 Å². The highest BCUT2D eigenvalue weighted by Crippen LogP contribution is 2.30. The highest BCUT2D eigenvalue weighted by molar-refractivity contribution is 5.74. The maximum Gasteiger partial charge on any atom is 0.315 e. The van der Waals surface area contributed by atoms with Crippen LogP contribution in [0.4, 0.5) is 10.5 Å². The monoisotopic (exact) mass is 219 g/mol. The normalized spacial score (nSPS) is 18.7. The third kappa shape index (κ3) is 2.10. The summed E-state index contributed by atoms with van der Waals surface area (Å²) in [6.45, 7) is 0. The van der Waals surface area contributed by atoms with Gasteiger partial charge in [-0.2, -0.15) is 0 Å². The molecule has 0 fully saturated rings. The lowest BCUT2D eigenvalue weighted by molar-refractivity contribution is 0.237. The summed E-state index contributed by atoms with van der Waals surface area (Å²) >= 11 is 0. The van der Waals surface area contributed by atoms with E-state index in [4.69, 9.17) is 5.73 Å². The van der Waals surface area contributed by atoms with Crippen molar-refractivity contribution in [2.45, 2.75) is 25.3 Å². The molecule has 0 saturated carbocycles. The molecule has 0 aliphatic heterocycles. The second kappa shape index (κ2) is 4.43. The van der Waals surface area contributed by atoms with E-state index in [0.29, 0.717) is 0 Å². The third-order valence-electron chi connectivity index (χ3n) is 3.01. The molecular weight excluding hydrogens is 202 g/mol. The Morgan fingerprint density at radius 3 is 3.06 bits per heavy atom. The second-order valence-electron chi connectivity index (χ2n) is 4.13. The van der Waals surface area contributed by atoms with Crippen molar-refractivity contribution in [3.63, 3.8) is 0 Å². The number of nitrogen functional groups attached to an aromatic ring is 1. The number of urea groups is 1. The summed E-state index contributed by atoms with van der Waals surface area (Å²) in [6.07, 6.45) is 3.13. The van der Waals surface area contributed by atoms with Gasteiger partial charge in [-0.25, -0.2) is 4.79 Å². The molecule has 4 nitrogen and oxygen atoms in total. The van der Waals surface area contributed by atoms with E-state index in [1.165, 1.54) is 11.1 Å². The van der Waals surface area contributed by atoms with E-state index in [1.54, 1.807) is 7.05 Å². The van der Waals surface area contributed by atoms with Gasteiger partial charge in [0.15, 0.2) is 0 Å². The summed E-state index contributed by atoms with van der Waals surface area (Å²) in [5.74, 6) is 0. The topological polar surface area (TPSA) is 67.2 Å². The van der Waals surface area contributed by atoms with Crippen LogP contribution in [0.15, 0.2) is 18.2 Å². The number of nitrogens with two attached hydrogens (primary N) is 1. The maximum atomic E-state index is 11.3. The lowest BCUT2D eigenvalue weighted by Crippen LogP contribution is -2.37. The molecular formula is C12H17N3O. The van der Waals surface area contributed by atoms with Gasteiger partial charge in [-0.05, 0) is 42.5 Å². The molecule has 2 amide bonds. The highest BCUT2D eigenvalue weighted by Gasteiger charge is 2.21. The fourth-order valence-electron chi connectivity index (χ4n) is 2.21. The first kappa shape index (κ1) is 10.8. The molecule has 0 spiro atoms. The summed E-state index contributed by atoms with van der Waals surface area (Å²) in [6, 6.07) is 5.90. The van der Waals surface area contributed by atoms with E-state index in [9.17, 15) is 4.79 Å². The van der Waals surface area contributed by atoms with Crippen molar-refractivity contribution in [1.29, 1.82) is 0 Å². The van der Waals surface area contributed by atoms with E-state index in [-0.39, 0.29) is 12.1 Å². The molecule has 0 heterocycles. The van der Waals surface area contributed by atoms with Gasteiger partial charge in [0.05, 0.1) is 6.04 Å². The smallest absolute Gasteiger partial charge is 0.315 e. The Balaban J connectivity index is 2.23. The Hall–Kier alpha value is -1.71. The number of amides is 2. The first-order valence-corrected chi connectivity index (χ1v) is 5.57. The fraction of sp³-hybridized carbons (Fsp3) is 0.417. The largest absolute Gasteiger partial charge is 0.399 e. The van der Waals surface area contributed by atoms with Crippen LogP contribution in [0.3, 0.4) is 0 Å². The van der Waals surface area contributed by atoms with E-state index in [1.807, 2.05) is 18.2 Å². The Kier molecular flexibility index (Phi) is 2.99. The number of fused-ring (bicyclic) bond motifs is 1. The lowest BCUT2D eigenvalue weighted by atomic mass is 9.87. The molecule has 1 aliphatic rings. The highest BCUT2D eigenvalue weighted by atomic mass is 16.2. The van der Waals surface area contributed by atoms with Gasteiger partial charge in [-0.1, -0.05) is 6.07 Å². The van der Waals surface area contributed by atoms with Gasteiger partial charge in [-0.3, -0.25) is 0 Å². The SMILES string of the molecule is CNC(=O)NC1CCCc2cc(N)ccc21. The molecule has 1 unspecified atom stereocenters. The number of nitrogens with one attached hydrogen (secondary N) is 2. The van der Waals surface area contributed by atoms with E-state index in [0.717, 1.165) is 24.9 Å². The summed E-state index contributed by atoms with van der Waals surface area (Å²) in [5.41, 5.74) is 9.00. The number of hydrogen-bond donors (Lipinski definition) is 3. The van der Waals surface area contributed by atoms with Crippen LogP contribution in [0, 0.1) is 0 Å². The van der Waals surface area contributed by atoms with Crippen LogP contribution in [-0.4, -0.2) is 13.1 Å². The van der Waals surface area contributed by atoms with Gasteiger partial charge in [0.2, 0.25) is 0 Å². The average Bonchev–Trinajstić information content (AvgIpc) is 2.28. The van der Waals surface area contributed by atoms with Crippen LogP contribution in [0.1, 0.15) is 30.0 Å². The molecule has 1 aromatic carbocycles. The summed E-state index contributed by atoms with van der Waals surface area (Å²) in [4.78, 5) is 11.3. The third-order valence-corrected chi connectivity index (χ3v) is 3.01. The number of anilines is 1. The molecule has 1 aliphatic carbocycles. The molecule has 0 bridgehead atoms. The van der Waals surface area contributed by atoms with Gasteiger partial charge in [0.25, 0.3) is 0 Å². The summed E-state index contributed by atoms with van der Waals surface area (Å²) in [5, 5.41) is 5.53. The van der Waals surface area contributed by atoms with E-state index in [2.05, 4.69) is 10.6 Å². The Labute approximate surface area is 95.2 Å². The fourth-order valence-corrected chi connectivity index (χ4v) is 2.21. The molecule has 86 valence electrons. The van der Waals surface area contributed by atoms with Crippen molar-refractivity contribution >= 4 is 11.7 Å². The predicted octanol–water partition coefficient (Wildman–Crippen LogP) is 1.58. The van der Waals surface area contributed by atoms with E-state index >= 15 is 0 Å². The molecule has 2 rings (SSSR count). The van der Waals surface area contributed by atoms with Gasteiger partial charge in [0.1, 0.15) is 0 Å². The standard InChI is InChI=1S/C12H17N3O/c1-14-12(16)15-11-4-2-3-8-7-9(13)5-6-10(8)11/h5-7,11H,2-4,13H2,1H3,(H2,14,15,16). The Morgan fingerprint density at radius 2 is 2.31 bits per heavy atom. The molecule has 4 N–H and O–H groups in total. The zero-order valence-electron chi connectivity index (χ0n) is 9.42. The van der Waals surface area contributed by atoms with Crippen molar-refractivity contribution in [2.75, 3.05) is 12.8 Å². The number of benzene rings is 1. The maximum absolute atomic E-state index is 11.3. The van der Waals surface area contributed by atoms with Crippen molar-refractivity contribution in [2.24, 2.45) is 0 Å². The second-order valence-corrected chi connectivity index (χ2v) is 4.13. The van der Waals surface area contributed by atoms with Gasteiger partial charge < -0.3 is 16.4 Å². The number of carbonyl (C=O) groups is 1. The van der Waals surface area contributed by atoms with Crippen LogP contribution in [0.25, 0.3) is 0 Å². The van der Waals surface area contributed by atoms with Crippen LogP contribution in [-0.2, 0) is 6.42 Å². The zero-order valence-corrected chi connectivity index (χ0v) is 9.42. The number of carbonyl (C=O) groups excluding carboxylic acids is 1.